The minimum absolute atomic E-state index is 0.194. The van der Waals surface area contributed by atoms with Crippen LogP contribution >= 0.6 is 0 Å². The monoisotopic (exact) mass is 194 g/mol. The average Bonchev–Trinajstić information content (AvgIpc) is 2.11. The lowest BCUT2D eigenvalue weighted by molar-refractivity contribution is -0.138. The Morgan fingerprint density at radius 3 is 2.50 bits per heavy atom. The maximum atomic E-state index is 11.5. The van der Waals surface area contributed by atoms with Crippen LogP contribution in [-0.2, 0) is 9.53 Å². The molecule has 0 amide bonds. The van der Waals surface area contributed by atoms with Gasteiger partial charge in [-0.2, -0.15) is 0 Å². The van der Waals surface area contributed by atoms with Crippen molar-refractivity contribution in [3.63, 3.8) is 0 Å². The van der Waals surface area contributed by atoms with E-state index in [9.17, 15) is 4.79 Å². The van der Waals surface area contributed by atoms with Gasteiger partial charge < -0.3 is 4.74 Å². The molecule has 0 aliphatic heterocycles. The largest absolute Gasteiger partial charge is 0.462 e. The van der Waals surface area contributed by atoms with Gasteiger partial charge in [0.05, 0.1) is 12.2 Å². The normalized spacial score (nSPS) is 26.6. The fraction of sp³-hybridized carbons (Fsp3) is 0.583. The van der Waals surface area contributed by atoms with Crippen LogP contribution in [0.2, 0.25) is 0 Å². The van der Waals surface area contributed by atoms with Crippen molar-refractivity contribution in [3.05, 3.63) is 23.3 Å². The van der Waals surface area contributed by atoms with E-state index in [2.05, 4.69) is 19.9 Å². The second kappa shape index (κ2) is 4.45. The van der Waals surface area contributed by atoms with Gasteiger partial charge in [0.15, 0.2) is 0 Å². The fourth-order valence-corrected chi connectivity index (χ4v) is 1.62. The first-order valence-electron chi connectivity index (χ1n) is 5.14. The highest BCUT2D eigenvalue weighted by atomic mass is 16.5. The molecule has 1 aliphatic carbocycles. The summed E-state index contributed by atoms with van der Waals surface area (Å²) in [7, 11) is 0. The zero-order valence-corrected chi connectivity index (χ0v) is 9.33. The highest BCUT2D eigenvalue weighted by molar-refractivity contribution is 5.93. The first-order valence-corrected chi connectivity index (χ1v) is 5.14. The van der Waals surface area contributed by atoms with E-state index in [4.69, 9.17) is 4.74 Å². The molecule has 1 rings (SSSR count). The quantitative estimate of drug-likeness (QED) is 0.632. The van der Waals surface area contributed by atoms with E-state index in [1.165, 1.54) is 0 Å². The summed E-state index contributed by atoms with van der Waals surface area (Å²) in [6.07, 6.45) is 4.15. The second-order valence-corrected chi connectivity index (χ2v) is 3.87. The molecule has 0 bridgehead atoms. The molecule has 0 radical (unpaired) electrons. The summed E-state index contributed by atoms with van der Waals surface area (Å²) in [5, 5.41) is 0. The Bertz CT molecular complexity index is 287. The molecule has 0 N–H and O–H groups in total. The summed E-state index contributed by atoms with van der Waals surface area (Å²) in [6.45, 7) is 8.50. The number of ether oxygens (including phenoxy) is 1. The zero-order valence-electron chi connectivity index (χ0n) is 9.33. The molecule has 0 saturated carbocycles. The van der Waals surface area contributed by atoms with Gasteiger partial charge in [0, 0.05) is 0 Å². The third-order valence-corrected chi connectivity index (χ3v) is 2.69. The minimum atomic E-state index is -0.194. The number of rotatable bonds is 2. The number of hydrogen-bond donors (Lipinski definition) is 0. The lowest BCUT2D eigenvalue weighted by atomic mass is 9.85. The smallest absolute Gasteiger partial charge is 0.338 e. The summed E-state index contributed by atoms with van der Waals surface area (Å²) in [5.41, 5.74) is 1.77. The van der Waals surface area contributed by atoms with E-state index in [1.54, 1.807) is 0 Å². The van der Waals surface area contributed by atoms with Crippen molar-refractivity contribution >= 4 is 5.97 Å². The van der Waals surface area contributed by atoms with Crippen molar-refractivity contribution in [2.45, 2.75) is 27.7 Å². The van der Waals surface area contributed by atoms with Crippen molar-refractivity contribution in [1.82, 2.24) is 0 Å². The van der Waals surface area contributed by atoms with Crippen LogP contribution in [-0.4, -0.2) is 12.6 Å². The van der Waals surface area contributed by atoms with Crippen molar-refractivity contribution < 1.29 is 9.53 Å². The van der Waals surface area contributed by atoms with E-state index >= 15 is 0 Å². The molecule has 0 fully saturated rings. The molecule has 0 aromatic heterocycles. The average molecular weight is 194 g/mol. The highest BCUT2D eigenvalue weighted by Gasteiger charge is 2.21. The van der Waals surface area contributed by atoms with E-state index in [-0.39, 0.29) is 5.97 Å². The molecule has 0 heterocycles. The van der Waals surface area contributed by atoms with E-state index in [0.717, 1.165) is 11.1 Å². The molecule has 2 atom stereocenters. The van der Waals surface area contributed by atoms with Crippen LogP contribution in [0.5, 0.6) is 0 Å². The van der Waals surface area contributed by atoms with Crippen molar-refractivity contribution in [3.8, 4) is 0 Å². The summed E-state index contributed by atoms with van der Waals surface area (Å²) in [5.74, 6) is 0.728. The Balaban J connectivity index is 2.84. The third kappa shape index (κ3) is 2.25. The molecule has 1 aliphatic rings. The van der Waals surface area contributed by atoms with Gasteiger partial charge in [0.25, 0.3) is 0 Å². The number of hydrogen-bond acceptors (Lipinski definition) is 2. The van der Waals surface area contributed by atoms with Gasteiger partial charge in [-0.25, -0.2) is 4.79 Å². The molecule has 78 valence electrons. The Hall–Kier alpha value is -1.05. The van der Waals surface area contributed by atoms with Crippen molar-refractivity contribution in [2.24, 2.45) is 11.8 Å². The molecular formula is C12H18O2. The second-order valence-electron chi connectivity index (χ2n) is 3.87. The predicted octanol–water partition coefficient (Wildman–Crippen LogP) is 2.71. The lowest BCUT2D eigenvalue weighted by Gasteiger charge is -2.21. The third-order valence-electron chi connectivity index (χ3n) is 2.69. The van der Waals surface area contributed by atoms with E-state index < -0.39 is 0 Å². The van der Waals surface area contributed by atoms with Crippen LogP contribution in [0.1, 0.15) is 27.7 Å². The van der Waals surface area contributed by atoms with Crippen molar-refractivity contribution in [1.29, 1.82) is 0 Å². The van der Waals surface area contributed by atoms with Gasteiger partial charge in [-0.3, -0.25) is 0 Å². The van der Waals surface area contributed by atoms with Crippen LogP contribution in [0.25, 0.3) is 0 Å². The molecule has 2 heteroatoms. The van der Waals surface area contributed by atoms with Crippen LogP contribution in [0.4, 0.5) is 0 Å². The van der Waals surface area contributed by atoms with Gasteiger partial charge in [-0.15, -0.1) is 0 Å². The van der Waals surface area contributed by atoms with Gasteiger partial charge in [-0.1, -0.05) is 26.0 Å². The summed E-state index contributed by atoms with van der Waals surface area (Å²) < 4.78 is 4.99. The van der Waals surface area contributed by atoms with Gasteiger partial charge in [0.1, 0.15) is 0 Å². The number of allylic oxidation sites excluding steroid dienone is 2. The fourth-order valence-electron chi connectivity index (χ4n) is 1.62. The van der Waals surface area contributed by atoms with Crippen LogP contribution in [0, 0.1) is 11.8 Å². The number of carbonyl (C=O) groups is 1. The van der Waals surface area contributed by atoms with Gasteiger partial charge in [-0.05, 0) is 31.3 Å². The molecule has 0 spiro atoms. The van der Waals surface area contributed by atoms with Crippen LogP contribution in [0.3, 0.4) is 0 Å². The molecule has 14 heavy (non-hydrogen) atoms. The molecule has 0 aromatic carbocycles. The molecular weight excluding hydrogens is 176 g/mol. The maximum absolute atomic E-state index is 11.5. The first kappa shape index (κ1) is 11.0. The molecule has 2 unspecified atom stereocenters. The summed E-state index contributed by atoms with van der Waals surface area (Å²) in [4.78, 5) is 11.5. The minimum Gasteiger partial charge on any atom is -0.462 e. The van der Waals surface area contributed by atoms with Crippen molar-refractivity contribution in [2.75, 3.05) is 6.61 Å². The van der Waals surface area contributed by atoms with Crippen LogP contribution in [0.15, 0.2) is 23.3 Å². The zero-order chi connectivity index (χ0) is 10.7. The van der Waals surface area contributed by atoms with E-state index in [1.807, 2.05) is 19.9 Å². The first-order chi connectivity index (χ1) is 6.56. The molecule has 0 aromatic rings. The number of carbonyl (C=O) groups excluding carboxylic acids is 1. The maximum Gasteiger partial charge on any atom is 0.338 e. The van der Waals surface area contributed by atoms with Gasteiger partial charge >= 0.3 is 5.97 Å². The SMILES string of the molecule is CCOC(=O)C1=CC(C)C(C)C=C1C. The Morgan fingerprint density at radius 1 is 1.36 bits per heavy atom. The number of esters is 1. The lowest BCUT2D eigenvalue weighted by Crippen LogP contribution is -2.16. The molecule has 2 nitrogen and oxygen atoms in total. The topological polar surface area (TPSA) is 26.3 Å². The predicted molar refractivity (Wildman–Crippen MR) is 56.8 cm³/mol. The molecule has 0 saturated heterocycles. The van der Waals surface area contributed by atoms with E-state index in [0.29, 0.717) is 18.4 Å². The van der Waals surface area contributed by atoms with Crippen LogP contribution < -0.4 is 0 Å². The Labute approximate surface area is 85.6 Å². The van der Waals surface area contributed by atoms with Gasteiger partial charge in [0.2, 0.25) is 0 Å². The summed E-state index contributed by atoms with van der Waals surface area (Å²) in [6, 6.07) is 0. The summed E-state index contributed by atoms with van der Waals surface area (Å²) >= 11 is 0. The Morgan fingerprint density at radius 2 is 1.93 bits per heavy atom. The highest BCUT2D eigenvalue weighted by Crippen LogP contribution is 2.27. The Kier molecular flexibility index (Phi) is 3.50. The standard InChI is InChI=1S/C12H18O2/c1-5-14-12(13)11-7-9(3)8(2)6-10(11)4/h6-9H,5H2,1-4H3.